The van der Waals surface area contributed by atoms with Crippen LogP contribution in [0.2, 0.25) is 0 Å². The highest BCUT2D eigenvalue weighted by atomic mass is 19.1. The standard InChI is InChI=1S/C16H13FN4O3/c1-2-23-16(22)14-20-12-11(8-3-5-9(17)6-4-8)10(7-18)13(19)24-15(12)21-14/h3-6,11H,2,19H2,1H3,(H,20,21)/t11-/m0/s1. The lowest BCUT2D eigenvalue weighted by atomic mass is 9.88. The molecule has 3 N–H and O–H groups in total. The van der Waals surface area contributed by atoms with E-state index in [1.807, 2.05) is 6.07 Å². The summed E-state index contributed by atoms with van der Waals surface area (Å²) in [6.45, 7) is 1.86. The Morgan fingerprint density at radius 1 is 1.50 bits per heavy atom. The van der Waals surface area contributed by atoms with E-state index < -0.39 is 17.7 Å². The fourth-order valence-corrected chi connectivity index (χ4v) is 2.49. The largest absolute Gasteiger partial charge is 0.460 e. The zero-order valence-electron chi connectivity index (χ0n) is 12.7. The van der Waals surface area contributed by atoms with Crippen molar-refractivity contribution in [1.29, 1.82) is 5.26 Å². The summed E-state index contributed by atoms with van der Waals surface area (Å²) in [4.78, 5) is 18.7. The van der Waals surface area contributed by atoms with E-state index in [4.69, 9.17) is 15.2 Å². The number of nitrogens with two attached hydrogens (primary N) is 1. The van der Waals surface area contributed by atoms with Crippen LogP contribution in [0.1, 0.15) is 34.7 Å². The molecule has 8 heteroatoms. The van der Waals surface area contributed by atoms with Crippen LogP contribution >= 0.6 is 0 Å². The topological polar surface area (TPSA) is 114 Å². The van der Waals surface area contributed by atoms with E-state index in [2.05, 4.69) is 9.97 Å². The van der Waals surface area contributed by atoms with Crippen LogP contribution in [0.15, 0.2) is 35.7 Å². The monoisotopic (exact) mass is 328 g/mol. The molecule has 0 bridgehead atoms. The molecule has 1 atom stereocenters. The first kappa shape index (κ1) is 15.6. The smallest absolute Gasteiger partial charge is 0.374 e. The number of nitrogens with one attached hydrogen (secondary N) is 1. The van der Waals surface area contributed by atoms with Crippen LogP contribution in [0.5, 0.6) is 5.88 Å². The number of halogens is 1. The molecule has 0 radical (unpaired) electrons. The van der Waals surface area contributed by atoms with Gasteiger partial charge in [-0.3, -0.25) is 0 Å². The van der Waals surface area contributed by atoms with E-state index in [-0.39, 0.29) is 29.8 Å². The van der Waals surface area contributed by atoms with E-state index >= 15 is 0 Å². The third-order valence-electron chi connectivity index (χ3n) is 3.54. The van der Waals surface area contributed by atoms with Crippen molar-refractivity contribution in [3.8, 4) is 11.9 Å². The van der Waals surface area contributed by atoms with E-state index in [1.165, 1.54) is 24.3 Å². The number of allylic oxidation sites excluding steroid dienone is 1. The number of aromatic nitrogens is 2. The fourth-order valence-electron chi connectivity index (χ4n) is 2.49. The maximum atomic E-state index is 13.2. The number of nitrogens with zero attached hydrogens (tertiary/aromatic N) is 2. The van der Waals surface area contributed by atoms with Crippen LogP contribution in [0, 0.1) is 17.1 Å². The number of aromatic amines is 1. The summed E-state index contributed by atoms with van der Waals surface area (Å²) in [5.41, 5.74) is 6.94. The maximum Gasteiger partial charge on any atom is 0.374 e. The van der Waals surface area contributed by atoms with Crippen molar-refractivity contribution in [3.63, 3.8) is 0 Å². The summed E-state index contributed by atoms with van der Waals surface area (Å²) >= 11 is 0. The molecule has 7 nitrogen and oxygen atoms in total. The van der Waals surface area contributed by atoms with Gasteiger partial charge >= 0.3 is 5.97 Å². The fraction of sp³-hybridized carbons (Fsp3) is 0.188. The zero-order valence-corrected chi connectivity index (χ0v) is 12.7. The number of fused-ring (bicyclic) bond motifs is 1. The third-order valence-corrected chi connectivity index (χ3v) is 3.54. The zero-order chi connectivity index (χ0) is 17.3. The van der Waals surface area contributed by atoms with Crippen LogP contribution in [-0.4, -0.2) is 22.5 Å². The molecular formula is C16H13FN4O3. The van der Waals surface area contributed by atoms with Gasteiger partial charge in [-0.25, -0.2) is 9.18 Å². The quantitative estimate of drug-likeness (QED) is 0.832. The summed E-state index contributed by atoms with van der Waals surface area (Å²) in [6, 6.07) is 7.61. The highest BCUT2D eigenvalue weighted by Crippen LogP contribution is 2.40. The van der Waals surface area contributed by atoms with Gasteiger partial charge in [0.25, 0.3) is 0 Å². The molecule has 1 aliphatic rings. The van der Waals surface area contributed by atoms with Gasteiger partial charge in [-0.05, 0) is 24.6 Å². The number of esters is 1. The second kappa shape index (κ2) is 6.04. The molecule has 1 aromatic heterocycles. The second-order valence-electron chi connectivity index (χ2n) is 5.00. The Kier molecular flexibility index (Phi) is 3.92. The molecule has 0 fully saturated rings. The molecule has 0 amide bonds. The number of benzene rings is 1. The third kappa shape index (κ3) is 2.56. The molecule has 2 heterocycles. The van der Waals surface area contributed by atoms with Crippen LogP contribution < -0.4 is 10.5 Å². The minimum atomic E-state index is -0.648. The highest BCUT2D eigenvalue weighted by Gasteiger charge is 2.34. The van der Waals surface area contributed by atoms with Gasteiger partial charge < -0.3 is 20.2 Å². The molecule has 0 saturated carbocycles. The summed E-state index contributed by atoms with van der Waals surface area (Å²) in [5, 5.41) is 9.41. The number of hydrogen-bond acceptors (Lipinski definition) is 6. The Labute approximate surface area is 136 Å². The molecule has 0 spiro atoms. The number of hydrogen-bond donors (Lipinski definition) is 2. The first-order valence-electron chi connectivity index (χ1n) is 7.15. The Morgan fingerprint density at radius 3 is 2.83 bits per heavy atom. The lowest BCUT2D eigenvalue weighted by Crippen LogP contribution is -2.21. The van der Waals surface area contributed by atoms with Gasteiger partial charge in [0.1, 0.15) is 17.5 Å². The Bertz CT molecular complexity index is 864. The van der Waals surface area contributed by atoms with E-state index in [0.717, 1.165) is 0 Å². The predicted octanol–water partition coefficient (Wildman–Crippen LogP) is 1.94. The number of ether oxygens (including phenoxy) is 2. The second-order valence-corrected chi connectivity index (χ2v) is 5.00. The van der Waals surface area contributed by atoms with Crippen molar-refractivity contribution < 1.29 is 18.7 Å². The number of carbonyl (C=O) groups excluding carboxylic acids is 1. The van der Waals surface area contributed by atoms with Gasteiger partial charge in [0, 0.05) is 0 Å². The molecule has 3 rings (SSSR count). The minimum absolute atomic E-state index is 0.0547. The molecule has 0 aliphatic carbocycles. The number of nitriles is 1. The molecular weight excluding hydrogens is 315 g/mol. The van der Waals surface area contributed by atoms with Crippen molar-refractivity contribution in [2.24, 2.45) is 5.73 Å². The average Bonchev–Trinajstić information content (AvgIpc) is 2.98. The van der Waals surface area contributed by atoms with Crippen molar-refractivity contribution >= 4 is 5.97 Å². The van der Waals surface area contributed by atoms with Crippen LogP contribution in [-0.2, 0) is 4.74 Å². The molecule has 122 valence electrons. The van der Waals surface area contributed by atoms with Crippen LogP contribution in [0.4, 0.5) is 4.39 Å². The lowest BCUT2D eigenvalue weighted by Gasteiger charge is -2.22. The first-order valence-corrected chi connectivity index (χ1v) is 7.15. The number of carbonyl (C=O) groups is 1. The van der Waals surface area contributed by atoms with Crippen molar-refractivity contribution in [2.75, 3.05) is 6.61 Å². The van der Waals surface area contributed by atoms with E-state index in [9.17, 15) is 14.4 Å². The molecule has 1 aliphatic heterocycles. The van der Waals surface area contributed by atoms with Gasteiger partial charge in [-0.2, -0.15) is 10.2 Å². The van der Waals surface area contributed by atoms with Crippen LogP contribution in [0.3, 0.4) is 0 Å². The number of rotatable bonds is 3. The van der Waals surface area contributed by atoms with Crippen molar-refractivity contribution in [3.05, 3.63) is 58.6 Å². The molecule has 24 heavy (non-hydrogen) atoms. The van der Waals surface area contributed by atoms with Crippen molar-refractivity contribution in [2.45, 2.75) is 12.8 Å². The van der Waals surface area contributed by atoms with Gasteiger partial charge in [0.2, 0.25) is 17.6 Å². The van der Waals surface area contributed by atoms with E-state index in [1.54, 1.807) is 6.92 Å². The van der Waals surface area contributed by atoms with Crippen LogP contribution in [0.25, 0.3) is 0 Å². The minimum Gasteiger partial charge on any atom is -0.460 e. The summed E-state index contributed by atoms with van der Waals surface area (Å²) in [7, 11) is 0. The van der Waals surface area contributed by atoms with Gasteiger partial charge in [0.05, 0.1) is 18.2 Å². The predicted molar refractivity (Wildman–Crippen MR) is 80.2 cm³/mol. The average molecular weight is 328 g/mol. The summed E-state index contributed by atoms with van der Waals surface area (Å²) in [6.07, 6.45) is 0. The highest BCUT2D eigenvalue weighted by molar-refractivity contribution is 5.85. The summed E-state index contributed by atoms with van der Waals surface area (Å²) < 4.78 is 23.4. The Balaban J connectivity index is 2.11. The Morgan fingerprint density at radius 2 is 2.21 bits per heavy atom. The normalized spacial score (nSPS) is 16.1. The summed E-state index contributed by atoms with van der Waals surface area (Å²) in [5.74, 6) is -1.77. The maximum absolute atomic E-state index is 13.2. The van der Waals surface area contributed by atoms with Gasteiger partial charge in [-0.15, -0.1) is 0 Å². The number of imidazole rings is 1. The van der Waals surface area contributed by atoms with E-state index in [0.29, 0.717) is 11.3 Å². The SMILES string of the molecule is CCOC(=O)c1nc2c([nH]1)[C@@H](c1ccc(F)cc1)C(C#N)=C(N)O2. The lowest BCUT2D eigenvalue weighted by molar-refractivity contribution is 0.0512. The first-order chi connectivity index (χ1) is 11.5. The van der Waals surface area contributed by atoms with Crippen molar-refractivity contribution in [1.82, 2.24) is 9.97 Å². The van der Waals surface area contributed by atoms with Gasteiger partial charge in [0.15, 0.2) is 0 Å². The Hall–Kier alpha value is -3.34. The molecule has 2 aromatic rings. The molecule has 1 aromatic carbocycles. The number of H-pyrrole nitrogens is 1. The molecule has 0 unspecified atom stereocenters. The molecule has 0 saturated heterocycles. The van der Waals surface area contributed by atoms with Gasteiger partial charge in [-0.1, -0.05) is 12.1 Å².